The van der Waals surface area contributed by atoms with Crippen molar-refractivity contribution in [2.24, 2.45) is 0 Å². The van der Waals surface area contributed by atoms with Crippen molar-refractivity contribution in [3.63, 3.8) is 0 Å². The largest absolute Gasteiger partial charge is 0.492 e. The van der Waals surface area contributed by atoms with E-state index in [0.717, 1.165) is 0 Å². The third kappa shape index (κ3) is 5.88. The number of methoxy groups -OCH3 is 1. The van der Waals surface area contributed by atoms with Crippen molar-refractivity contribution in [1.82, 2.24) is 15.5 Å². The van der Waals surface area contributed by atoms with Crippen LogP contribution in [0.2, 0.25) is 0 Å². The van der Waals surface area contributed by atoms with Crippen LogP contribution in [0.25, 0.3) is 0 Å². The van der Waals surface area contributed by atoms with Crippen LogP contribution >= 0.6 is 0 Å². The topological polar surface area (TPSA) is 116 Å². The van der Waals surface area contributed by atoms with Gasteiger partial charge in [0.1, 0.15) is 18.8 Å². The maximum atomic E-state index is 12.0. The van der Waals surface area contributed by atoms with Gasteiger partial charge in [0.05, 0.1) is 18.8 Å². The highest BCUT2D eigenvalue weighted by atomic mass is 16.5. The van der Waals surface area contributed by atoms with Gasteiger partial charge in [-0.3, -0.25) is 9.59 Å². The van der Waals surface area contributed by atoms with E-state index in [1.54, 1.807) is 24.3 Å². The molecule has 2 rings (SSSR count). The van der Waals surface area contributed by atoms with E-state index in [9.17, 15) is 9.59 Å². The molecule has 0 fully saturated rings. The van der Waals surface area contributed by atoms with E-state index < -0.39 is 11.8 Å². The Hall–Kier alpha value is -2.94. The van der Waals surface area contributed by atoms with Crippen molar-refractivity contribution in [3.8, 4) is 5.75 Å². The number of amides is 2. The number of anilines is 1. The molecule has 1 aromatic heterocycles. The molecule has 0 aliphatic heterocycles. The van der Waals surface area contributed by atoms with Gasteiger partial charge in [0.15, 0.2) is 5.82 Å². The molecular weight excluding hydrogens is 328 g/mol. The molecular formula is C16H20N4O5. The first-order valence-electron chi connectivity index (χ1n) is 7.71. The average molecular weight is 348 g/mol. The summed E-state index contributed by atoms with van der Waals surface area (Å²) < 4.78 is 15.2. The Kier molecular flexibility index (Phi) is 6.90. The monoisotopic (exact) mass is 348 g/mol. The van der Waals surface area contributed by atoms with Crippen LogP contribution in [0.3, 0.4) is 0 Å². The van der Waals surface area contributed by atoms with Crippen LogP contribution in [0.15, 0.2) is 28.8 Å². The fourth-order valence-corrected chi connectivity index (χ4v) is 1.98. The lowest BCUT2D eigenvalue weighted by Gasteiger charge is -2.11. The zero-order chi connectivity index (χ0) is 18.1. The van der Waals surface area contributed by atoms with E-state index in [4.69, 9.17) is 14.0 Å². The van der Waals surface area contributed by atoms with E-state index in [1.807, 2.05) is 6.92 Å². The molecule has 9 nitrogen and oxygen atoms in total. The molecule has 1 heterocycles. The fourth-order valence-electron chi connectivity index (χ4n) is 1.98. The van der Waals surface area contributed by atoms with E-state index in [-0.39, 0.29) is 19.6 Å². The number of hydrogen-bond donors (Lipinski definition) is 2. The average Bonchev–Trinajstić information content (AvgIpc) is 3.03. The lowest BCUT2D eigenvalue weighted by atomic mass is 10.2. The predicted molar refractivity (Wildman–Crippen MR) is 87.7 cm³/mol. The van der Waals surface area contributed by atoms with Crippen molar-refractivity contribution < 1.29 is 23.6 Å². The maximum Gasteiger partial charge on any atom is 0.252 e. The van der Waals surface area contributed by atoms with Crippen molar-refractivity contribution in [2.75, 3.05) is 19.0 Å². The second-order valence-electron chi connectivity index (χ2n) is 4.97. The molecule has 0 saturated heterocycles. The van der Waals surface area contributed by atoms with Crippen molar-refractivity contribution in [1.29, 1.82) is 0 Å². The number of carbonyl (C=O) groups is 2. The Morgan fingerprint density at radius 1 is 1.24 bits per heavy atom. The Labute approximate surface area is 144 Å². The second kappa shape index (κ2) is 9.38. The SMILES string of the molecule is CCOc1ccccc1NC(=O)CC(=O)NCc1noc(COC)n1. The van der Waals surface area contributed by atoms with Gasteiger partial charge in [-0.25, -0.2) is 0 Å². The Balaban J connectivity index is 1.80. The van der Waals surface area contributed by atoms with Gasteiger partial charge in [-0.2, -0.15) is 4.98 Å². The summed E-state index contributed by atoms with van der Waals surface area (Å²) >= 11 is 0. The van der Waals surface area contributed by atoms with Crippen molar-refractivity contribution in [3.05, 3.63) is 36.0 Å². The number of nitrogens with one attached hydrogen (secondary N) is 2. The highest BCUT2D eigenvalue weighted by Crippen LogP contribution is 2.23. The summed E-state index contributed by atoms with van der Waals surface area (Å²) in [5, 5.41) is 8.90. The van der Waals surface area contributed by atoms with E-state index in [2.05, 4.69) is 20.8 Å². The molecule has 25 heavy (non-hydrogen) atoms. The molecule has 0 bridgehead atoms. The fraction of sp³-hybridized carbons (Fsp3) is 0.375. The Morgan fingerprint density at radius 3 is 2.80 bits per heavy atom. The molecule has 0 aliphatic carbocycles. The molecule has 2 aromatic rings. The number of rotatable bonds is 9. The molecule has 0 spiro atoms. The van der Waals surface area contributed by atoms with Gasteiger partial charge in [0, 0.05) is 7.11 Å². The van der Waals surface area contributed by atoms with Gasteiger partial charge < -0.3 is 24.6 Å². The first-order valence-corrected chi connectivity index (χ1v) is 7.71. The molecule has 0 aliphatic rings. The first-order chi connectivity index (χ1) is 12.1. The van der Waals surface area contributed by atoms with Crippen LogP contribution in [0.1, 0.15) is 25.1 Å². The zero-order valence-electron chi connectivity index (χ0n) is 14.1. The second-order valence-corrected chi connectivity index (χ2v) is 4.97. The van der Waals surface area contributed by atoms with Gasteiger partial charge >= 0.3 is 0 Å². The lowest BCUT2D eigenvalue weighted by molar-refractivity contribution is -0.126. The normalized spacial score (nSPS) is 10.3. The Bertz CT molecular complexity index is 716. The van der Waals surface area contributed by atoms with Gasteiger partial charge in [-0.1, -0.05) is 17.3 Å². The minimum Gasteiger partial charge on any atom is -0.492 e. The summed E-state index contributed by atoms with van der Waals surface area (Å²) in [6.07, 6.45) is -0.330. The van der Waals surface area contributed by atoms with Crippen LogP contribution in [0, 0.1) is 0 Å². The van der Waals surface area contributed by atoms with Gasteiger partial charge in [0.25, 0.3) is 5.89 Å². The number of carbonyl (C=O) groups excluding carboxylic acids is 2. The van der Waals surface area contributed by atoms with E-state index in [0.29, 0.717) is 29.8 Å². The van der Waals surface area contributed by atoms with E-state index >= 15 is 0 Å². The molecule has 134 valence electrons. The molecule has 0 saturated carbocycles. The number of nitrogens with zero attached hydrogens (tertiary/aromatic N) is 2. The number of aromatic nitrogens is 2. The van der Waals surface area contributed by atoms with E-state index in [1.165, 1.54) is 7.11 Å². The molecule has 0 atom stereocenters. The standard InChI is InChI=1S/C16H20N4O5/c1-3-24-12-7-5-4-6-11(12)18-15(22)8-14(21)17-9-13-19-16(10-23-2)25-20-13/h4-7H,3,8-10H2,1-2H3,(H,17,21)(H,18,22). The van der Waals surface area contributed by atoms with Gasteiger partial charge in [0.2, 0.25) is 11.8 Å². The zero-order valence-corrected chi connectivity index (χ0v) is 14.1. The number of ether oxygens (including phenoxy) is 2. The molecule has 2 N–H and O–H groups in total. The summed E-state index contributed by atoms with van der Waals surface area (Å²) in [6, 6.07) is 7.02. The smallest absolute Gasteiger partial charge is 0.252 e. The quantitative estimate of drug-likeness (QED) is 0.655. The maximum absolute atomic E-state index is 12.0. The highest BCUT2D eigenvalue weighted by molar-refractivity contribution is 6.04. The minimum atomic E-state index is -0.454. The van der Waals surface area contributed by atoms with Gasteiger partial charge in [-0.15, -0.1) is 0 Å². The molecule has 2 amide bonds. The van der Waals surface area contributed by atoms with Crippen LogP contribution in [0.4, 0.5) is 5.69 Å². The molecule has 9 heteroatoms. The van der Waals surface area contributed by atoms with Crippen LogP contribution < -0.4 is 15.4 Å². The molecule has 0 unspecified atom stereocenters. The van der Waals surface area contributed by atoms with Crippen LogP contribution in [-0.2, 0) is 27.5 Å². The summed E-state index contributed by atoms with van der Waals surface area (Å²) in [5.41, 5.74) is 0.518. The summed E-state index contributed by atoms with van der Waals surface area (Å²) in [5.74, 6) is 0.276. The highest BCUT2D eigenvalue weighted by Gasteiger charge is 2.13. The number of hydrogen-bond acceptors (Lipinski definition) is 7. The predicted octanol–water partition coefficient (Wildman–Crippen LogP) is 1.26. The lowest BCUT2D eigenvalue weighted by Crippen LogP contribution is -2.28. The summed E-state index contributed by atoms with van der Waals surface area (Å²) in [4.78, 5) is 27.8. The van der Waals surface area contributed by atoms with Crippen LogP contribution in [-0.4, -0.2) is 35.7 Å². The third-order valence-electron chi connectivity index (χ3n) is 3.00. The number of para-hydroxylation sites is 2. The van der Waals surface area contributed by atoms with Gasteiger partial charge in [-0.05, 0) is 19.1 Å². The third-order valence-corrected chi connectivity index (χ3v) is 3.00. The summed E-state index contributed by atoms with van der Waals surface area (Å²) in [6.45, 7) is 2.59. The summed E-state index contributed by atoms with van der Waals surface area (Å²) in [7, 11) is 1.51. The first kappa shape index (κ1) is 18.4. The molecule has 1 aromatic carbocycles. The van der Waals surface area contributed by atoms with Crippen molar-refractivity contribution in [2.45, 2.75) is 26.5 Å². The van der Waals surface area contributed by atoms with Crippen molar-refractivity contribution >= 4 is 17.5 Å². The molecule has 0 radical (unpaired) electrons. The minimum absolute atomic E-state index is 0.0643. The number of benzene rings is 1. The van der Waals surface area contributed by atoms with Crippen LogP contribution in [0.5, 0.6) is 5.75 Å². The Morgan fingerprint density at radius 2 is 2.04 bits per heavy atom.